The van der Waals surface area contributed by atoms with Gasteiger partial charge >= 0.3 is 0 Å². The van der Waals surface area contributed by atoms with Crippen LogP contribution in [0.2, 0.25) is 0 Å². The summed E-state index contributed by atoms with van der Waals surface area (Å²) >= 11 is 1.51. The number of fused-ring (bicyclic) bond motifs is 1. The van der Waals surface area contributed by atoms with E-state index in [2.05, 4.69) is 15.6 Å². The molecule has 9 heteroatoms. The number of amides is 2. The zero-order valence-electron chi connectivity index (χ0n) is 18.7. The summed E-state index contributed by atoms with van der Waals surface area (Å²) < 4.78 is 15.6. The van der Waals surface area contributed by atoms with Crippen molar-refractivity contribution < 1.29 is 14.0 Å². The smallest absolute Gasteiger partial charge is 0.261 e. The average Bonchev–Trinajstić information content (AvgIpc) is 3.47. The Balaban J connectivity index is 1.41. The van der Waals surface area contributed by atoms with Crippen molar-refractivity contribution in [2.24, 2.45) is 7.05 Å². The second-order valence-electron chi connectivity index (χ2n) is 8.29. The predicted molar refractivity (Wildman–Crippen MR) is 128 cm³/mol. The van der Waals surface area contributed by atoms with Crippen molar-refractivity contribution in [3.8, 4) is 11.3 Å². The van der Waals surface area contributed by atoms with Gasteiger partial charge in [0, 0.05) is 30.6 Å². The molecule has 1 aliphatic heterocycles. The molecule has 2 aromatic heterocycles. The quantitative estimate of drug-likeness (QED) is 0.403. The molecule has 0 radical (unpaired) electrons. The van der Waals surface area contributed by atoms with Crippen LogP contribution in [0.15, 0.2) is 60.0 Å². The van der Waals surface area contributed by atoms with E-state index in [1.165, 1.54) is 28.4 Å². The zero-order chi connectivity index (χ0) is 23.8. The van der Waals surface area contributed by atoms with Crippen LogP contribution >= 0.6 is 11.3 Å². The van der Waals surface area contributed by atoms with Gasteiger partial charge in [-0.3, -0.25) is 14.5 Å². The summed E-state index contributed by atoms with van der Waals surface area (Å²) in [4.78, 5) is 27.1. The van der Waals surface area contributed by atoms with Crippen LogP contribution in [0, 0.1) is 12.7 Å². The van der Waals surface area contributed by atoms with Gasteiger partial charge in [-0.05, 0) is 49.2 Å². The number of imide groups is 1. The highest BCUT2D eigenvalue weighted by atomic mass is 32.1. The fourth-order valence-corrected chi connectivity index (χ4v) is 5.19. The molecule has 1 atom stereocenters. The van der Waals surface area contributed by atoms with Crippen LogP contribution in [0.3, 0.4) is 0 Å². The highest BCUT2D eigenvalue weighted by Crippen LogP contribution is 2.31. The number of rotatable bonds is 7. The van der Waals surface area contributed by atoms with Crippen molar-refractivity contribution in [3.63, 3.8) is 0 Å². The Labute approximate surface area is 199 Å². The van der Waals surface area contributed by atoms with Gasteiger partial charge in [-0.25, -0.2) is 9.07 Å². The van der Waals surface area contributed by atoms with Crippen molar-refractivity contribution in [3.05, 3.63) is 88.2 Å². The number of hydrogen-bond acceptors (Lipinski definition) is 6. The Morgan fingerprint density at radius 2 is 1.79 bits per heavy atom. The van der Waals surface area contributed by atoms with Gasteiger partial charge in [0.05, 0.1) is 27.5 Å². The molecule has 0 spiro atoms. The number of benzene rings is 2. The molecule has 0 saturated heterocycles. The SMILES string of the molecule is Cc1nnn(C)c1-c1csc(N[C@@H](Cc2cccc(F)c2)CN2C(=O)c3ccccc3C2=O)c1. The van der Waals surface area contributed by atoms with E-state index in [1.807, 2.05) is 31.5 Å². The number of halogens is 1. The maximum Gasteiger partial charge on any atom is 0.261 e. The van der Waals surface area contributed by atoms with Crippen molar-refractivity contribution in [2.75, 3.05) is 11.9 Å². The largest absolute Gasteiger partial charge is 0.372 e. The molecule has 0 aliphatic carbocycles. The molecule has 7 nitrogen and oxygen atoms in total. The lowest BCUT2D eigenvalue weighted by atomic mass is 10.1. The van der Waals surface area contributed by atoms with Crippen molar-refractivity contribution >= 4 is 28.2 Å². The molecule has 34 heavy (non-hydrogen) atoms. The standard InChI is InChI=1S/C25H22FN5O2S/c1-15-23(30(2)29-28-15)17-12-22(34-14-17)27-19(11-16-6-5-7-18(26)10-16)13-31-24(32)20-8-3-4-9-21(20)25(31)33/h3-10,12,14,19,27H,11,13H2,1-2H3/t19-/m0/s1. The second-order valence-corrected chi connectivity index (χ2v) is 9.20. The highest BCUT2D eigenvalue weighted by Gasteiger charge is 2.36. The first-order chi connectivity index (χ1) is 16.4. The van der Waals surface area contributed by atoms with E-state index in [0.29, 0.717) is 17.5 Å². The summed E-state index contributed by atoms with van der Waals surface area (Å²) in [6.07, 6.45) is 0.435. The Kier molecular flexibility index (Phi) is 5.70. The van der Waals surface area contributed by atoms with Gasteiger partial charge in [-0.1, -0.05) is 29.5 Å². The second kappa shape index (κ2) is 8.83. The minimum absolute atomic E-state index is 0.155. The fourth-order valence-electron chi connectivity index (χ4n) is 4.33. The number of carbonyl (C=O) groups is 2. The number of hydrogen-bond donors (Lipinski definition) is 1. The molecule has 1 aliphatic rings. The Bertz CT molecular complexity index is 1340. The van der Waals surface area contributed by atoms with Gasteiger partial charge in [-0.15, -0.1) is 16.4 Å². The van der Waals surface area contributed by atoms with Gasteiger partial charge in [0.2, 0.25) is 0 Å². The Hall–Kier alpha value is -3.85. The summed E-state index contributed by atoms with van der Waals surface area (Å²) in [6.45, 7) is 2.06. The summed E-state index contributed by atoms with van der Waals surface area (Å²) in [5, 5.41) is 14.5. The van der Waals surface area contributed by atoms with E-state index in [9.17, 15) is 14.0 Å². The Morgan fingerprint density at radius 3 is 2.44 bits per heavy atom. The van der Waals surface area contributed by atoms with Gasteiger partial charge in [-0.2, -0.15) is 0 Å². The lowest BCUT2D eigenvalue weighted by Crippen LogP contribution is -2.41. The molecule has 0 saturated carbocycles. The van der Waals surface area contributed by atoms with Gasteiger partial charge < -0.3 is 5.32 Å². The van der Waals surface area contributed by atoms with Crippen LogP contribution in [0.4, 0.5) is 9.39 Å². The molecule has 4 aromatic rings. The molecule has 2 amide bonds. The first kappa shape index (κ1) is 22.0. The minimum Gasteiger partial charge on any atom is -0.372 e. The number of thiophene rings is 1. The molecular weight excluding hydrogens is 453 g/mol. The first-order valence-electron chi connectivity index (χ1n) is 10.8. The third kappa shape index (κ3) is 4.10. The van der Waals surface area contributed by atoms with Crippen molar-refractivity contribution in [1.29, 1.82) is 0 Å². The number of aromatic nitrogens is 3. The first-order valence-corrected chi connectivity index (χ1v) is 11.7. The minimum atomic E-state index is -0.324. The number of carbonyl (C=O) groups excluding carboxylic acids is 2. The average molecular weight is 476 g/mol. The summed E-state index contributed by atoms with van der Waals surface area (Å²) in [5.41, 5.74) is 4.32. The monoisotopic (exact) mass is 475 g/mol. The normalized spacial score (nSPS) is 13.9. The number of nitrogens with zero attached hydrogens (tertiary/aromatic N) is 4. The lowest BCUT2D eigenvalue weighted by molar-refractivity contribution is 0.0647. The van der Waals surface area contributed by atoms with Crippen LogP contribution in [0.5, 0.6) is 0 Å². The lowest BCUT2D eigenvalue weighted by Gasteiger charge is -2.24. The van der Waals surface area contributed by atoms with E-state index >= 15 is 0 Å². The highest BCUT2D eigenvalue weighted by molar-refractivity contribution is 7.14. The van der Waals surface area contributed by atoms with Gasteiger partial charge in [0.15, 0.2) is 0 Å². The fraction of sp³-hybridized carbons (Fsp3) is 0.200. The summed E-state index contributed by atoms with van der Waals surface area (Å²) in [7, 11) is 1.84. The van der Waals surface area contributed by atoms with Crippen molar-refractivity contribution in [1.82, 2.24) is 19.9 Å². The molecule has 1 N–H and O–H groups in total. The predicted octanol–water partition coefficient (Wildman–Crippen LogP) is 4.31. The molecule has 5 rings (SSSR count). The molecule has 2 aromatic carbocycles. The zero-order valence-corrected chi connectivity index (χ0v) is 19.5. The number of anilines is 1. The van der Waals surface area contributed by atoms with E-state index in [0.717, 1.165) is 27.5 Å². The molecular formula is C25H22FN5O2S. The van der Waals surface area contributed by atoms with E-state index in [-0.39, 0.29) is 30.2 Å². The topological polar surface area (TPSA) is 80.1 Å². The molecule has 3 heterocycles. The third-order valence-corrected chi connectivity index (χ3v) is 6.73. The van der Waals surface area contributed by atoms with E-state index < -0.39 is 0 Å². The number of nitrogens with one attached hydrogen (secondary N) is 1. The van der Waals surface area contributed by atoms with Crippen LogP contribution in [0.25, 0.3) is 11.3 Å². The van der Waals surface area contributed by atoms with Gasteiger partial charge in [0.1, 0.15) is 5.82 Å². The number of aryl methyl sites for hydroxylation is 2. The maximum absolute atomic E-state index is 13.8. The van der Waals surface area contributed by atoms with Crippen LogP contribution in [-0.4, -0.2) is 44.3 Å². The molecule has 0 bridgehead atoms. The molecule has 0 unspecified atom stereocenters. The third-order valence-electron chi connectivity index (χ3n) is 5.87. The van der Waals surface area contributed by atoms with E-state index in [1.54, 1.807) is 35.0 Å². The van der Waals surface area contributed by atoms with Crippen LogP contribution in [0.1, 0.15) is 32.0 Å². The van der Waals surface area contributed by atoms with Crippen LogP contribution < -0.4 is 5.32 Å². The van der Waals surface area contributed by atoms with Crippen LogP contribution in [-0.2, 0) is 13.5 Å². The Morgan fingerprint density at radius 1 is 1.06 bits per heavy atom. The summed E-state index contributed by atoms with van der Waals surface area (Å²) in [5.74, 6) is -0.945. The van der Waals surface area contributed by atoms with E-state index in [4.69, 9.17) is 0 Å². The molecule has 0 fully saturated rings. The van der Waals surface area contributed by atoms with Crippen molar-refractivity contribution in [2.45, 2.75) is 19.4 Å². The summed E-state index contributed by atoms with van der Waals surface area (Å²) in [6, 6.07) is 14.9. The molecule has 172 valence electrons. The maximum atomic E-state index is 13.8. The van der Waals surface area contributed by atoms with Gasteiger partial charge in [0.25, 0.3) is 11.8 Å².